The predicted molar refractivity (Wildman–Crippen MR) is 104 cm³/mol. The van der Waals surface area contributed by atoms with E-state index in [4.69, 9.17) is 16.3 Å². The molecule has 2 aromatic rings. The molecule has 0 fully saturated rings. The Morgan fingerprint density at radius 1 is 1.09 bits per heavy atom. The van der Waals surface area contributed by atoms with Crippen molar-refractivity contribution in [3.63, 3.8) is 0 Å². The van der Waals surface area contributed by atoms with Crippen LogP contribution in [0.5, 0.6) is 5.75 Å². The molecular weight excluding hydrogens is 397 g/mol. The van der Waals surface area contributed by atoms with E-state index in [1.54, 1.807) is 0 Å². The summed E-state index contributed by atoms with van der Waals surface area (Å²) in [7, 11) is 0. The highest BCUT2D eigenvalue weighted by atomic mass is 79.9. The molecule has 0 aliphatic rings. The number of rotatable bonds is 7. The first-order chi connectivity index (χ1) is 10.5. The SMILES string of the molecule is CC(C)CNCc1ccc(OCc2ccc(Cl)cc2)c(Br)c1.Cl. The number of ether oxygens (including phenoxy) is 1. The van der Waals surface area contributed by atoms with Gasteiger partial charge >= 0.3 is 0 Å². The van der Waals surface area contributed by atoms with Gasteiger partial charge in [-0.1, -0.05) is 43.6 Å². The van der Waals surface area contributed by atoms with Gasteiger partial charge in [0.05, 0.1) is 4.47 Å². The Labute approximate surface area is 158 Å². The van der Waals surface area contributed by atoms with Gasteiger partial charge in [-0.05, 0) is 63.8 Å². The summed E-state index contributed by atoms with van der Waals surface area (Å²) >= 11 is 9.46. The maximum Gasteiger partial charge on any atom is 0.134 e. The zero-order chi connectivity index (χ0) is 15.9. The summed E-state index contributed by atoms with van der Waals surface area (Å²) in [6, 6.07) is 13.9. The lowest BCUT2D eigenvalue weighted by atomic mass is 10.2. The van der Waals surface area contributed by atoms with Crippen molar-refractivity contribution in [1.29, 1.82) is 0 Å². The monoisotopic (exact) mass is 417 g/mol. The topological polar surface area (TPSA) is 21.3 Å². The van der Waals surface area contributed by atoms with E-state index in [1.807, 2.05) is 30.3 Å². The van der Waals surface area contributed by atoms with E-state index in [0.717, 1.165) is 33.9 Å². The Kier molecular flexibility index (Phi) is 9.00. The smallest absolute Gasteiger partial charge is 0.134 e. The van der Waals surface area contributed by atoms with Gasteiger partial charge in [0.15, 0.2) is 0 Å². The lowest BCUT2D eigenvalue weighted by molar-refractivity contribution is 0.304. The summed E-state index contributed by atoms with van der Waals surface area (Å²) in [5, 5.41) is 4.18. The Morgan fingerprint density at radius 2 is 1.74 bits per heavy atom. The van der Waals surface area contributed by atoms with Crippen LogP contribution in [0, 0.1) is 5.92 Å². The van der Waals surface area contributed by atoms with Crippen molar-refractivity contribution in [1.82, 2.24) is 5.32 Å². The molecule has 0 atom stereocenters. The van der Waals surface area contributed by atoms with Gasteiger partial charge in [-0.2, -0.15) is 0 Å². The number of nitrogens with one attached hydrogen (secondary N) is 1. The molecule has 0 aliphatic carbocycles. The van der Waals surface area contributed by atoms with Gasteiger partial charge in [-0.25, -0.2) is 0 Å². The van der Waals surface area contributed by atoms with Crippen molar-refractivity contribution in [3.05, 3.63) is 63.1 Å². The van der Waals surface area contributed by atoms with Crippen molar-refractivity contribution in [2.75, 3.05) is 6.54 Å². The molecule has 0 amide bonds. The highest BCUT2D eigenvalue weighted by Gasteiger charge is 2.04. The highest BCUT2D eigenvalue weighted by Crippen LogP contribution is 2.27. The van der Waals surface area contributed by atoms with Crippen LogP contribution < -0.4 is 10.1 Å². The third-order valence-electron chi connectivity index (χ3n) is 3.19. The molecule has 2 rings (SSSR count). The first kappa shape index (κ1) is 20.3. The van der Waals surface area contributed by atoms with Crippen molar-refractivity contribution in [3.8, 4) is 5.75 Å². The van der Waals surface area contributed by atoms with Crippen LogP contribution in [0.3, 0.4) is 0 Å². The van der Waals surface area contributed by atoms with E-state index >= 15 is 0 Å². The van der Waals surface area contributed by atoms with Gasteiger partial charge in [-0.15, -0.1) is 12.4 Å². The standard InChI is InChI=1S/C18H21BrClNO.ClH/c1-13(2)10-21-11-15-5-8-18(17(19)9-15)22-12-14-3-6-16(20)7-4-14;/h3-9,13,21H,10-12H2,1-2H3;1H. The molecule has 0 unspecified atom stereocenters. The largest absolute Gasteiger partial charge is 0.488 e. The Morgan fingerprint density at radius 3 is 2.35 bits per heavy atom. The minimum Gasteiger partial charge on any atom is -0.488 e. The summed E-state index contributed by atoms with van der Waals surface area (Å²) in [6.45, 7) is 6.83. The summed E-state index contributed by atoms with van der Waals surface area (Å²) in [5.41, 5.74) is 2.34. The average molecular weight is 419 g/mol. The summed E-state index contributed by atoms with van der Waals surface area (Å²) in [6.07, 6.45) is 0. The second-order valence-corrected chi connectivity index (χ2v) is 7.00. The highest BCUT2D eigenvalue weighted by molar-refractivity contribution is 9.10. The Hall–Kier alpha value is -0.740. The van der Waals surface area contributed by atoms with Gasteiger partial charge < -0.3 is 10.1 Å². The predicted octanol–water partition coefficient (Wildman–Crippen LogP) is 5.85. The van der Waals surface area contributed by atoms with Gasteiger partial charge in [-0.3, -0.25) is 0 Å². The van der Waals surface area contributed by atoms with Crippen LogP contribution in [0.25, 0.3) is 0 Å². The zero-order valence-corrected chi connectivity index (χ0v) is 16.5. The van der Waals surface area contributed by atoms with Crippen molar-refractivity contribution < 1.29 is 4.74 Å². The van der Waals surface area contributed by atoms with Crippen LogP contribution in [-0.2, 0) is 13.2 Å². The molecule has 0 saturated carbocycles. The fourth-order valence-corrected chi connectivity index (χ4v) is 2.68. The van der Waals surface area contributed by atoms with Crippen molar-refractivity contribution in [2.45, 2.75) is 27.0 Å². The summed E-state index contributed by atoms with van der Waals surface area (Å²) < 4.78 is 6.83. The third kappa shape index (κ3) is 7.13. The quantitative estimate of drug-likeness (QED) is 0.608. The molecule has 1 N–H and O–H groups in total. The molecule has 23 heavy (non-hydrogen) atoms. The molecule has 0 radical (unpaired) electrons. The molecule has 0 saturated heterocycles. The van der Waals surface area contributed by atoms with Gasteiger partial charge in [0.2, 0.25) is 0 Å². The minimum absolute atomic E-state index is 0. The van der Waals surface area contributed by atoms with E-state index in [1.165, 1.54) is 5.56 Å². The Balaban J connectivity index is 0.00000264. The molecule has 2 aromatic carbocycles. The molecule has 0 spiro atoms. The van der Waals surface area contributed by atoms with E-state index in [0.29, 0.717) is 12.5 Å². The number of hydrogen-bond donors (Lipinski definition) is 1. The first-order valence-electron chi connectivity index (χ1n) is 7.41. The number of hydrogen-bond acceptors (Lipinski definition) is 2. The van der Waals surface area contributed by atoms with Crippen molar-refractivity contribution >= 4 is 39.9 Å². The van der Waals surface area contributed by atoms with Crippen LogP contribution in [0.1, 0.15) is 25.0 Å². The summed E-state index contributed by atoms with van der Waals surface area (Å²) in [5.74, 6) is 1.51. The first-order valence-corrected chi connectivity index (χ1v) is 8.58. The fourth-order valence-electron chi connectivity index (χ4n) is 2.02. The van der Waals surface area contributed by atoms with E-state index in [9.17, 15) is 0 Å². The second-order valence-electron chi connectivity index (χ2n) is 5.70. The van der Waals surface area contributed by atoms with Crippen LogP contribution in [-0.4, -0.2) is 6.54 Å². The van der Waals surface area contributed by atoms with E-state index in [2.05, 4.69) is 47.2 Å². The number of benzene rings is 2. The number of halogens is 3. The van der Waals surface area contributed by atoms with Crippen LogP contribution in [0.4, 0.5) is 0 Å². The van der Waals surface area contributed by atoms with Crippen molar-refractivity contribution in [2.24, 2.45) is 5.92 Å². The molecule has 0 heterocycles. The van der Waals surface area contributed by atoms with Gasteiger partial charge in [0.25, 0.3) is 0 Å². The van der Waals surface area contributed by atoms with E-state index < -0.39 is 0 Å². The van der Waals surface area contributed by atoms with Gasteiger partial charge in [0.1, 0.15) is 12.4 Å². The fraction of sp³-hybridized carbons (Fsp3) is 0.333. The van der Waals surface area contributed by atoms with Gasteiger partial charge in [0, 0.05) is 11.6 Å². The molecule has 2 nitrogen and oxygen atoms in total. The maximum absolute atomic E-state index is 5.88. The molecule has 126 valence electrons. The molecule has 5 heteroatoms. The summed E-state index contributed by atoms with van der Waals surface area (Å²) in [4.78, 5) is 0. The maximum atomic E-state index is 5.88. The third-order valence-corrected chi connectivity index (χ3v) is 4.06. The van der Waals surface area contributed by atoms with Crippen LogP contribution in [0.15, 0.2) is 46.9 Å². The molecule has 0 aliphatic heterocycles. The van der Waals surface area contributed by atoms with E-state index in [-0.39, 0.29) is 12.4 Å². The lowest BCUT2D eigenvalue weighted by Gasteiger charge is -2.11. The molecule has 0 aromatic heterocycles. The minimum atomic E-state index is 0. The van der Waals surface area contributed by atoms with Crippen LogP contribution in [0.2, 0.25) is 5.02 Å². The average Bonchev–Trinajstić information content (AvgIpc) is 2.48. The van der Waals surface area contributed by atoms with Crippen LogP contribution >= 0.6 is 39.9 Å². The second kappa shape index (κ2) is 10.2. The zero-order valence-electron chi connectivity index (χ0n) is 13.3. The molecular formula is C18H22BrCl2NO. The normalized spacial score (nSPS) is 10.5. The molecule has 0 bridgehead atoms. The Bertz CT molecular complexity index is 602. The lowest BCUT2D eigenvalue weighted by Crippen LogP contribution is -2.18.